The van der Waals surface area contributed by atoms with E-state index < -0.39 is 4.92 Å². The third-order valence-corrected chi connectivity index (χ3v) is 1.97. The zero-order chi connectivity index (χ0) is 10.6. The number of rotatable bonds is 4. The Morgan fingerprint density at radius 1 is 1.64 bits per heavy atom. The Morgan fingerprint density at radius 3 is 2.79 bits per heavy atom. The second kappa shape index (κ2) is 4.55. The summed E-state index contributed by atoms with van der Waals surface area (Å²) in [5.41, 5.74) is 0.0136. The molecule has 1 N–H and O–H groups in total. The molecule has 1 aromatic heterocycles. The van der Waals surface area contributed by atoms with Crippen molar-refractivity contribution >= 4 is 11.5 Å². The molecule has 5 heteroatoms. The molecule has 0 amide bonds. The fourth-order valence-electron chi connectivity index (χ4n) is 0.934. The Labute approximate surface area is 82.3 Å². The molecule has 0 aliphatic carbocycles. The van der Waals surface area contributed by atoms with E-state index >= 15 is 0 Å². The summed E-state index contributed by atoms with van der Waals surface area (Å²) in [4.78, 5) is 13.8. The highest BCUT2D eigenvalue weighted by Gasteiger charge is 2.05. The van der Waals surface area contributed by atoms with Gasteiger partial charge in [-0.1, -0.05) is 6.92 Å². The molecule has 1 atom stereocenters. The van der Waals surface area contributed by atoms with Crippen molar-refractivity contribution < 1.29 is 4.92 Å². The number of aromatic nitrogens is 1. The van der Waals surface area contributed by atoms with Gasteiger partial charge in [0, 0.05) is 12.1 Å². The van der Waals surface area contributed by atoms with Crippen molar-refractivity contribution in [2.45, 2.75) is 26.3 Å². The molecule has 1 aromatic rings. The minimum absolute atomic E-state index is 0.0136. The molecule has 0 bridgehead atoms. The van der Waals surface area contributed by atoms with Crippen LogP contribution in [-0.2, 0) is 0 Å². The Bertz CT molecular complexity index is 310. The van der Waals surface area contributed by atoms with E-state index in [2.05, 4.69) is 17.2 Å². The molecule has 0 saturated carbocycles. The van der Waals surface area contributed by atoms with Crippen molar-refractivity contribution in [1.82, 2.24) is 4.98 Å². The van der Waals surface area contributed by atoms with Gasteiger partial charge >= 0.3 is 0 Å². The minimum atomic E-state index is -0.458. The van der Waals surface area contributed by atoms with E-state index in [1.807, 2.05) is 6.92 Å². The minimum Gasteiger partial charge on any atom is -0.368 e. The number of nitrogens with one attached hydrogen (secondary N) is 1. The summed E-state index contributed by atoms with van der Waals surface area (Å²) < 4.78 is 0. The Kier molecular flexibility index (Phi) is 3.39. The first-order valence-electron chi connectivity index (χ1n) is 4.50. The van der Waals surface area contributed by atoms with Crippen LogP contribution in [0.15, 0.2) is 18.3 Å². The zero-order valence-corrected chi connectivity index (χ0v) is 8.23. The van der Waals surface area contributed by atoms with Crippen molar-refractivity contribution in [3.63, 3.8) is 0 Å². The fraction of sp³-hybridized carbons (Fsp3) is 0.444. The summed E-state index contributed by atoms with van der Waals surface area (Å²) in [5, 5.41) is 13.5. The van der Waals surface area contributed by atoms with Gasteiger partial charge in [-0.15, -0.1) is 0 Å². The van der Waals surface area contributed by atoms with Crippen LogP contribution in [0.25, 0.3) is 0 Å². The Hall–Kier alpha value is -1.65. The normalized spacial score (nSPS) is 12.1. The molecular formula is C9H13N3O2. The van der Waals surface area contributed by atoms with E-state index in [9.17, 15) is 10.1 Å². The topological polar surface area (TPSA) is 68.1 Å². The number of hydrogen-bond donors (Lipinski definition) is 1. The summed E-state index contributed by atoms with van der Waals surface area (Å²) in [6.07, 6.45) is 2.24. The number of nitro groups is 1. The summed E-state index contributed by atoms with van der Waals surface area (Å²) in [5.74, 6) is 0.671. The molecule has 76 valence electrons. The molecule has 0 saturated heterocycles. The lowest BCUT2D eigenvalue weighted by Crippen LogP contribution is -2.14. The molecule has 0 fully saturated rings. The standard InChI is InChI=1S/C9H13N3O2/c1-3-7(2)11-9-5-4-8(6-10-9)12(13)14/h4-7H,3H2,1-2H3,(H,10,11). The number of hydrogen-bond acceptors (Lipinski definition) is 4. The van der Waals surface area contributed by atoms with Crippen LogP contribution in [0.5, 0.6) is 0 Å². The van der Waals surface area contributed by atoms with Crippen molar-refractivity contribution in [2.75, 3.05) is 5.32 Å². The molecule has 0 spiro atoms. The van der Waals surface area contributed by atoms with Gasteiger partial charge in [0.25, 0.3) is 5.69 Å². The smallest absolute Gasteiger partial charge is 0.287 e. The summed E-state index contributed by atoms with van der Waals surface area (Å²) in [7, 11) is 0. The molecule has 1 unspecified atom stereocenters. The Balaban J connectivity index is 2.68. The lowest BCUT2D eigenvalue weighted by atomic mass is 10.2. The molecule has 14 heavy (non-hydrogen) atoms. The zero-order valence-electron chi connectivity index (χ0n) is 8.23. The van der Waals surface area contributed by atoms with Gasteiger partial charge in [0.05, 0.1) is 4.92 Å². The highest BCUT2D eigenvalue weighted by Crippen LogP contribution is 2.12. The number of anilines is 1. The number of nitrogens with zero attached hydrogens (tertiary/aromatic N) is 2. The van der Waals surface area contributed by atoms with Crippen LogP contribution in [0.4, 0.5) is 11.5 Å². The van der Waals surface area contributed by atoms with Gasteiger partial charge in [-0.2, -0.15) is 0 Å². The van der Waals surface area contributed by atoms with Crippen LogP contribution in [0.2, 0.25) is 0 Å². The fourth-order valence-corrected chi connectivity index (χ4v) is 0.934. The van der Waals surface area contributed by atoms with Crippen LogP contribution < -0.4 is 5.32 Å². The number of pyridine rings is 1. The van der Waals surface area contributed by atoms with Crippen molar-refractivity contribution in [3.05, 3.63) is 28.4 Å². The molecular weight excluding hydrogens is 182 g/mol. The van der Waals surface area contributed by atoms with Crippen molar-refractivity contribution in [3.8, 4) is 0 Å². The molecule has 0 aliphatic heterocycles. The third kappa shape index (κ3) is 2.69. The lowest BCUT2D eigenvalue weighted by Gasteiger charge is -2.10. The highest BCUT2D eigenvalue weighted by molar-refractivity contribution is 5.40. The summed E-state index contributed by atoms with van der Waals surface area (Å²) >= 11 is 0. The average Bonchev–Trinajstić information content (AvgIpc) is 2.18. The van der Waals surface area contributed by atoms with Crippen molar-refractivity contribution in [2.24, 2.45) is 0 Å². The first-order chi connectivity index (χ1) is 6.63. The van der Waals surface area contributed by atoms with Gasteiger partial charge in [-0.3, -0.25) is 10.1 Å². The van der Waals surface area contributed by atoms with E-state index in [-0.39, 0.29) is 5.69 Å². The molecule has 1 rings (SSSR count). The van der Waals surface area contributed by atoms with Crippen LogP contribution in [0, 0.1) is 10.1 Å². The first kappa shape index (κ1) is 10.4. The predicted molar refractivity (Wildman–Crippen MR) is 54.3 cm³/mol. The van der Waals surface area contributed by atoms with E-state index in [0.717, 1.165) is 6.42 Å². The van der Waals surface area contributed by atoms with Crippen LogP contribution >= 0.6 is 0 Å². The first-order valence-corrected chi connectivity index (χ1v) is 4.50. The van der Waals surface area contributed by atoms with Crippen molar-refractivity contribution in [1.29, 1.82) is 0 Å². The predicted octanol–water partition coefficient (Wildman–Crippen LogP) is 2.20. The van der Waals surface area contributed by atoms with Gasteiger partial charge in [-0.25, -0.2) is 4.98 Å². The maximum atomic E-state index is 10.3. The Morgan fingerprint density at radius 2 is 2.36 bits per heavy atom. The quantitative estimate of drug-likeness (QED) is 0.590. The van der Waals surface area contributed by atoms with E-state index in [4.69, 9.17) is 0 Å². The monoisotopic (exact) mass is 195 g/mol. The molecule has 5 nitrogen and oxygen atoms in total. The summed E-state index contributed by atoms with van der Waals surface area (Å²) in [6.45, 7) is 4.09. The average molecular weight is 195 g/mol. The van der Waals surface area contributed by atoms with Gasteiger partial charge < -0.3 is 5.32 Å². The highest BCUT2D eigenvalue weighted by atomic mass is 16.6. The van der Waals surface area contributed by atoms with Gasteiger partial charge in [0.2, 0.25) is 0 Å². The molecule has 0 radical (unpaired) electrons. The second-order valence-corrected chi connectivity index (χ2v) is 3.11. The SMILES string of the molecule is CCC(C)Nc1ccc([N+](=O)[O-])cn1. The molecule has 1 heterocycles. The van der Waals surface area contributed by atoms with E-state index in [1.54, 1.807) is 6.07 Å². The third-order valence-electron chi connectivity index (χ3n) is 1.97. The second-order valence-electron chi connectivity index (χ2n) is 3.11. The van der Waals surface area contributed by atoms with Crippen LogP contribution in [-0.4, -0.2) is 15.9 Å². The maximum absolute atomic E-state index is 10.3. The van der Waals surface area contributed by atoms with Gasteiger partial charge in [-0.05, 0) is 19.4 Å². The largest absolute Gasteiger partial charge is 0.368 e. The molecule has 0 aromatic carbocycles. The van der Waals surface area contributed by atoms with E-state index in [1.165, 1.54) is 12.3 Å². The maximum Gasteiger partial charge on any atom is 0.287 e. The van der Waals surface area contributed by atoms with Gasteiger partial charge in [0.1, 0.15) is 12.0 Å². The van der Waals surface area contributed by atoms with Gasteiger partial charge in [0.15, 0.2) is 0 Å². The lowest BCUT2D eigenvalue weighted by molar-refractivity contribution is -0.385. The molecule has 0 aliphatic rings. The van der Waals surface area contributed by atoms with Crippen LogP contribution in [0.1, 0.15) is 20.3 Å². The summed E-state index contributed by atoms with van der Waals surface area (Å²) in [6, 6.07) is 3.38. The van der Waals surface area contributed by atoms with E-state index in [0.29, 0.717) is 11.9 Å². The van der Waals surface area contributed by atoms with Crippen LogP contribution in [0.3, 0.4) is 0 Å².